The summed E-state index contributed by atoms with van der Waals surface area (Å²) in [5.74, 6) is 1.68. The van der Waals surface area contributed by atoms with E-state index in [0.717, 1.165) is 49.1 Å². The van der Waals surface area contributed by atoms with Crippen LogP contribution in [-0.4, -0.2) is 16.6 Å². The molecule has 0 atom stereocenters. The van der Waals surface area contributed by atoms with E-state index in [1.54, 1.807) is 0 Å². The van der Waals surface area contributed by atoms with Gasteiger partial charge < -0.3 is 5.11 Å². The fourth-order valence-electron chi connectivity index (χ4n) is 6.11. The Bertz CT molecular complexity index is 1440. The molecule has 0 unspecified atom stereocenters. The first-order valence-electron chi connectivity index (χ1n) is 16.1. The second kappa shape index (κ2) is 16.5. The second-order valence-electron chi connectivity index (χ2n) is 12.7. The number of aryl methyl sites for hydroxylation is 2. The van der Waals surface area contributed by atoms with E-state index in [9.17, 15) is 9.90 Å². The van der Waals surface area contributed by atoms with Gasteiger partial charge in [-0.2, -0.15) is 0 Å². The normalized spacial score (nSPS) is 12.6. The van der Waals surface area contributed by atoms with Gasteiger partial charge in [-0.3, -0.25) is 9.79 Å². The fraction of sp³-hybridized carbons (Fsp3) is 0.487. The Hall–Kier alpha value is -2.55. The number of ketones is 1. The molecule has 3 aromatic carbocycles. The van der Waals surface area contributed by atoms with Crippen LogP contribution in [0.15, 0.2) is 53.2 Å². The van der Waals surface area contributed by atoms with Crippen LogP contribution in [0.2, 0.25) is 0 Å². The van der Waals surface area contributed by atoms with Crippen molar-refractivity contribution in [1.29, 1.82) is 0 Å². The number of hydrogen-bond donors (Lipinski definition) is 1. The minimum absolute atomic E-state index is 0. The van der Waals surface area contributed by atoms with Crippen LogP contribution >= 0.6 is 0 Å². The molecule has 1 heterocycles. The van der Waals surface area contributed by atoms with Crippen molar-refractivity contribution >= 4 is 28.0 Å². The SMILES string of the molecule is CCC(CC)C(=O)/C=C(\O)C(CC)CC.Cc1[c-]c(C2=Nc3ccc(C(C)C)c4cc(CC(C)C)cc2c34)cc(C)c1.[Ir]. The average Bonchev–Trinajstić information content (AvgIpc) is 3.29. The number of rotatable bonds is 11. The number of nitrogens with zero attached hydrogens (tertiary/aromatic N) is 1. The van der Waals surface area contributed by atoms with Crippen molar-refractivity contribution in [3.05, 3.63) is 87.7 Å². The Morgan fingerprint density at radius 3 is 2.07 bits per heavy atom. The number of hydrogen-bond acceptors (Lipinski definition) is 3. The summed E-state index contributed by atoms with van der Waals surface area (Å²) in [6, 6.07) is 17.2. The molecule has 3 aromatic rings. The largest absolute Gasteiger partial charge is 0.512 e. The van der Waals surface area contributed by atoms with Gasteiger partial charge in [0, 0.05) is 43.4 Å². The van der Waals surface area contributed by atoms with Gasteiger partial charge in [-0.25, -0.2) is 0 Å². The summed E-state index contributed by atoms with van der Waals surface area (Å²) in [4.78, 5) is 16.8. The molecule has 0 amide bonds. The first-order valence-corrected chi connectivity index (χ1v) is 16.1. The summed E-state index contributed by atoms with van der Waals surface area (Å²) in [6.07, 6.45) is 6.00. The maximum atomic E-state index is 11.7. The third-order valence-electron chi connectivity index (χ3n) is 8.42. The first kappa shape index (κ1) is 36.6. The standard InChI is InChI=1S/C26H28N.C13H24O2.Ir/c1-15(2)9-19-13-22-21(16(3)4)7-8-24-25(22)23(14-19)26(27-24)20-11-17(5)10-18(6)12-20;1-5-10(6-2)12(14)9-13(15)11(7-3)8-4;/h7-8,10-11,13-16H,9H2,1-6H3;9-11,14H,5-8H2,1-4H3;/q-1;;/b;12-9-;. The van der Waals surface area contributed by atoms with Crippen molar-refractivity contribution in [1.82, 2.24) is 0 Å². The van der Waals surface area contributed by atoms with Crippen LogP contribution in [0, 0.1) is 37.7 Å². The number of aliphatic hydroxyl groups is 1. The van der Waals surface area contributed by atoms with Crippen LogP contribution in [0.25, 0.3) is 10.8 Å². The minimum Gasteiger partial charge on any atom is -0.512 e. The van der Waals surface area contributed by atoms with Gasteiger partial charge in [-0.05, 0) is 77.8 Å². The van der Waals surface area contributed by atoms with Crippen LogP contribution in [0.1, 0.15) is 120 Å². The molecule has 3 nitrogen and oxygen atoms in total. The zero-order valence-electron chi connectivity index (χ0n) is 28.0. The van der Waals surface area contributed by atoms with Gasteiger partial charge in [0.15, 0.2) is 5.78 Å². The van der Waals surface area contributed by atoms with E-state index in [4.69, 9.17) is 4.99 Å². The maximum absolute atomic E-state index is 11.7. The van der Waals surface area contributed by atoms with Crippen LogP contribution in [0.4, 0.5) is 5.69 Å². The monoisotopic (exact) mass is 759 g/mol. The molecule has 0 spiro atoms. The molecule has 0 aliphatic carbocycles. The van der Waals surface area contributed by atoms with Gasteiger partial charge in [0.05, 0.1) is 11.4 Å². The second-order valence-corrected chi connectivity index (χ2v) is 12.7. The first-order chi connectivity index (χ1) is 19.9. The minimum atomic E-state index is 0. The molecular formula is C39H52IrNO2-. The molecule has 43 heavy (non-hydrogen) atoms. The predicted molar refractivity (Wildman–Crippen MR) is 180 cm³/mol. The molecule has 4 rings (SSSR count). The van der Waals surface area contributed by atoms with Crippen molar-refractivity contribution in [2.75, 3.05) is 0 Å². The van der Waals surface area contributed by atoms with Crippen LogP contribution in [0.3, 0.4) is 0 Å². The molecule has 235 valence electrons. The fourth-order valence-corrected chi connectivity index (χ4v) is 6.11. The van der Waals surface area contributed by atoms with Crippen LogP contribution in [-0.2, 0) is 31.3 Å². The molecule has 0 saturated carbocycles. The van der Waals surface area contributed by atoms with Gasteiger partial charge in [-0.15, -0.1) is 34.9 Å². The third kappa shape index (κ3) is 8.99. The topological polar surface area (TPSA) is 49.7 Å². The van der Waals surface area contributed by atoms with E-state index in [1.165, 1.54) is 44.7 Å². The Labute approximate surface area is 274 Å². The van der Waals surface area contributed by atoms with E-state index in [2.05, 4.69) is 84.0 Å². The quantitative estimate of drug-likeness (QED) is 0.0941. The Balaban J connectivity index is 0.000000348. The molecule has 0 aromatic heterocycles. The summed E-state index contributed by atoms with van der Waals surface area (Å²) >= 11 is 0. The van der Waals surface area contributed by atoms with Crippen molar-refractivity contribution in [3.63, 3.8) is 0 Å². The number of benzene rings is 3. The van der Waals surface area contributed by atoms with Gasteiger partial charge in [0.25, 0.3) is 0 Å². The molecule has 0 fully saturated rings. The number of aliphatic imine (C=N–C) groups is 1. The average molecular weight is 759 g/mol. The van der Waals surface area contributed by atoms with Crippen molar-refractivity contribution in [2.45, 2.75) is 107 Å². The van der Waals surface area contributed by atoms with E-state index < -0.39 is 0 Å². The van der Waals surface area contributed by atoms with Gasteiger partial charge in [0.2, 0.25) is 0 Å². The molecule has 1 radical (unpaired) electrons. The summed E-state index contributed by atoms with van der Waals surface area (Å²) in [5, 5.41) is 12.4. The van der Waals surface area contributed by atoms with Crippen LogP contribution in [0.5, 0.6) is 0 Å². The molecule has 1 N–H and O–H groups in total. The van der Waals surface area contributed by atoms with E-state index in [-0.39, 0.29) is 43.5 Å². The summed E-state index contributed by atoms with van der Waals surface area (Å²) in [5.41, 5.74) is 9.82. The zero-order chi connectivity index (χ0) is 31.1. The van der Waals surface area contributed by atoms with Crippen molar-refractivity contribution < 1.29 is 30.0 Å². The van der Waals surface area contributed by atoms with Crippen LogP contribution < -0.4 is 0 Å². The summed E-state index contributed by atoms with van der Waals surface area (Å²) < 4.78 is 0. The van der Waals surface area contributed by atoms with Gasteiger partial charge in [-0.1, -0.05) is 87.4 Å². The number of carbonyl (C=O) groups is 1. The van der Waals surface area contributed by atoms with Crippen molar-refractivity contribution in [2.24, 2.45) is 22.7 Å². The van der Waals surface area contributed by atoms with E-state index in [0.29, 0.717) is 11.8 Å². The Morgan fingerprint density at radius 1 is 0.907 bits per heavy atom. The maximum Gasteiger partial charge on any atom is 0.162 e. The van der Waals surface area contributed by atoms with Gasteiger partial charge >= 0.3 is 0 Å². The molecule has 0 saturated heterocycles. The smallest absolute Gasteiger partial charge is 0.162 e. The Kier molecular flexibility index (Phi) is 14.1. The zero-order valence-corrected chi connectivity index (χ0v) is 30.4. The van der Waals surface area contributed by atoms with Crippen molar-refractivity contribution in [3.8, 4) is 0 Å². The number of allylic oxidation sites excluding steroid dienone is 2. The number of carbonyl (C=O) groups excluding carboxylic acids is 1. The number of aliphatic hydroxyl groups excluding tert-OH is 1. The third-order valence-corrected chi connectivity index (χ3v) is 8.42. The molecule has 4 heteroatoms. The molecular weight excluding hydrogens is 707 g/mol. The molecule has 0 bridgehead atoms. The Morgan fingerprint density at radius 2 is 1.53 bits per heavy atom. The van der Waals surface area contributed by atoms with Gasteiger partial charge in [0.1, 0.15) is 0 Å². The predicted octanol–water partition coefficient (Wildman–Crippen LogP) is 10.9. The summed E-state index contributed by atoms with van der Waals surface area (Å²) in [7, 11) is 0. The molecule has 1 aliphatic rings. The van der Waals surface area contributed by atoms with E-state index in [1.807, 2.05) is 27.7 Å². The summed E-state index contributed by atoms with van der Waals surface area (Å²) in [6.45, 7) is 21.5. The molecule has 1 aliphatic heterocycles. The van der Waals surface area contributed by atoms with E-state index >= 15 is 0 Å².